The molecule has 0 amide bonds. The molecule has 1 aromatic rings. The first kappa shape index (κ1) is 13.3. The van der Waals surface area contributed by atoms with Gasteiger partial charge < -0.3 is 4.74 Å². The minimum absolute atomic E-state index is 0. The second-order valence-electron chi connectivity index (χ2n) is 2.14. The summed E-state index contributed by atoms with van der Waals surface area (Å²) >= 11 is 11.4. The Hall–Kier alpha value is 0.270. The predicted octanol–water partition coefficient (Wildman–Crippen LogP) is 2.27. The molecule has 1 rings (SSSR count). The monoisotopic (exact) mass is 228 g/mol. The van der Waals surface area contributed by atoms with Gasteiger partial charge in [-0.25, -0.2) is 0 Å². The summed E-state index contributed by atoms with van der Waals surface area (Å²) in [7, 11) is 0. The van der Waals surface area contributed by atoms with Gasteiger partial charge in [0.2, 0.25) is 0 Å². The molecule has 0 heterocycles. The molecular formula is C8H7Cl2NaO2. The second-order valence-corrected chi connectivity index (χ2v) is 2.96. The van der Waals surface area contributed by atoms with Crippen molar-refractivity contribution in [1.29, 1.82) is 0 Å². The molecule has 0 atom stereocenters. The van der Waals surface area contributed by atoms with Gasteiger partial charge in [0, 0.05) is 6.92 Å². The van der Waals surface area contributed by atoms with Gasteiger partial charge in [0.25, 0.3) is 0 Å². The van der Waals surface area contributed by atoms with Gasteiger partial charge in [-0.3, -0.25) is 4.79 Å². The fourth-order valence-electron chi connectivity index (χ4n) is 0.724. The number of rotatable bonds is 1. The van der Waals surface area contributed by atoms with Crippen molar-refractivity contribution in [2.75, 3.05) is 0 Å². The molecule has 0 N–H and O–H groups in total. The second kappa shape index (κ2) is 5.89. The number of para-hydroxylation sites is 1. The summed E-state index contributed by atoms with van der Waals surface area (Å²) in [5.41, 5.74) is 0. The van der Waals surface area contributed by atoms with Crippen LogP contribution in [0.2, 0.25) is 10.0 Å². The molecule has 0 saturated heterocycles. The molecule has 0 aliphatic rings. The Balaban J connectivity index is 0.00000144. The molecule has 13 heavy (non-hydrogen) atoms. The van der Waals surface area contributed by atoms with Gasteiger partial charge in [0.15, 0.2) is 5.75 Å². The summed E-state index contributed by atoms with van der Waals surface area (Å²) in [6.45, 7) is 1.29. The Morgan fingerprint density at radius 2 is 1.77 bits per heavy atom. The molecule has 5 heteroatoms. The number of hydrogen-bond donors (Lipinski definition) is 0. The van der Waals surface area contributed by atoms with Crippen LogP contribution in [0.5, 0.6) is 5.75 Å². The summed E-state index contributed by atoms with van der Waals surface area (Å²) in [5, 5.41) is 0.662. The molecular weight excluding hydrogens is 222 g/mol. The first-order chi connectivity index (χ1) is 5.61. The molecule has 0 aliphatic carbocycles. The van der Waals surface area contributed by atoms with E-state index in [1.54, 1.807) is 18.2 Å². The van der Waals surface area contributed by atoms with Crippen LogP contribution in [0.25, 0.3) is 0 Å². The number of hydrogen-bond acceptors (Lipinski definition) is 2. The van der Waals surface area contributed by atoms with Crippen LogP contribution in [0, 0.1) is 0 Å². The third-order valence-electron chi connectivity index (χ3n) is 1.16. The molecule has 0 fully saturated rings. The molecule has 2 nitrogen and oxygen atoms in total. The van der Waals surface area contributed by atoms with Gasteiger partial charge in [-0.1, -0.05) is 29.3 Å². The fraction of sp³-hybridized carbons (Fsp3) is 0.125. The van der Waals surface area contributed by atoms with E-state index < -0.39 is 5.97 Å². The van der Waals surface area contributed by atoms with Crippen molar-refractivity contribution < 1.29 is 9.53 Å². The average molecular weight is 229 g/mol. The Bertz CT molecular complexity index is 295. The molecule has 1 aromatic carbocycles. The van der Waals surface area contributed by atoms with Crippen molar-refractivity contribution in [2.45, 2.75) is 6.92 Å². The van der Waals surface area contributed by atoms with E-state index in [1.165, 1.54) is 6.92 Å². The molecule has 0 saturated carbocycles. The van der Waals surface area contributed by atoms with Crippen molar-refractivity contribution in [2.24, 2.45) is 0 Å². The normalized spacial score (nSPS) is 8.85. The number of esters is 1. The van der Waals surface area contributed by atoms with E-state index in [0.717, 1.165) is 0 Å². The van der Waals surface area contributed by atoms with Gasteiger partial charge in [-0.15, -0.1) is 0 Å². The van der Waals surface area contributed by atoms with E-state index in [4.69, 9.17) is 27.9 Å². The van der Waals surface area contributed by atoms with Crippen molar-refractivity contribution in [1.82, 2.24) is 0 Å². The van der Waals surface area contributed by atoms with E-state index in [0.29, 0.717) is 10.0 Å². The molecule has 0 aromatic heterocycles. The molecule has 0 aliphatic heterocycles. The van der Waals surface area contributed by atoms with Crippen LogP contribution in [-0.2, 0) is 4.79 Å². The van der Waals surface area contributed by atoms with Crippen LogP contribution < -0.4 is 4.74 Å². The Labute approximate surface area is 108 Å². The molecule has 0 radical (unpaired) electrons. The van der Waals surface area contributed by atoms with Gasteiger partial charge in [-0.05, 0) is 12.1 Å². The molecule has 66 valence electrons. The zero-order valence-corrected chi connectivity index (χ0v) is 7.82. The Morgan fingerprint density at radius 1 is 1.31 bits per heavy atom. The Morgan fingerprint density at radius 3 is 2.15 bits per heavy atom. The standard InChI is InChI=1S/C8H6Cl2O2.Na.H/c1-5(11)12-8-6(9)3-2-4-7(8)10;;/h2-4H,1H3;;. The van der Waals surface area contributed by atoms with Crippen molar-refractivity contribution in [3.8, 4) is 5.75 Å². The zero-order chi connectivity index (χ0) is 9.14. The van der Waals surface area contributed by atoms with Gasteiger partial charge in [-0.2, -0.15) is 0 Å². The summed E-state index contributed by atoms with van der Waals surface area (Å²) in [5.74, 6) is -0.224. The number of halogens is 2. The number of carbonyl (C=O) groups is 1. The van der Waals surface area contributed by atoms with Gasteiger partial charge in [0.1, 0.15) is 0 Å². The van der Waals surface area contributed by atoms with E-state index in [-0.39, 0.29) is 35.3 Å². The predicted molar refractivity (Wildman–Crippen MR) is 54.9 cm³/mol. The van der Waals surface area contributed by atoms with E-state index in [9.17, 15) is 4.79 Å². The number of carbonyl (C=O) groups excluding carboxylic acids is 1. The first-order valence-electron chi connectivity index (χ1n) is 3.23. The van der Waals surface area contributed by atoms with Crippen LogP contribution in [0.3, 0.4) is 0 Å². The van der Waals surface area contributed by atoms with Crippen LogP contribution in [-0.4, -0.2) is 35.5 Å². The maximum atomic E-state index is 10.6. The van der Waals surface area contributed by atoms with Crippen LogP contribution in [0.4, 0.5) is 0 Å². The van der Waals surface area contributed by atoms with E-state index >= 15 is 0 Å². The quantitative estimate of drug-likeness (QED) is 0.419. The molecule has 0 unspecified atom stereocenters. The van der Waals surface area contributed by atoms with Crippen LogP contribution in [0.15, 0.2) is 18.2 Å². The third kappa shape index (κ3) is 3.88. The summed E-state index contributed by atoms with van der Waals surface area (Å²) in [6.07, 6.45) is 0. The Kier molecular flexibility index (Phi) is 6.01. The fourth-order valence-corrected chi connectivity index (χ4v) is 1.20. The maximum absolute atomic E-state index is 10.6. The summed E-state index contributed by atoms with van der Waals surface area (Å²) < 4.78 is 4.77. The first-order valence-corrected chi connectivity index (χ1v) is 3.99. The van der Waals surface area contributed by atoms with Crippen LogP contribution in [0.1, 0.15) is 6.92 Å². The van der Waals surface area contributed by atoms with Gasteiger partial charge in [0.05, 0.1) is 10.0 Å². The van der Waals surface area contributed by atoms with Crippen molar-refractivity contribution in [3.05, 3.63) is 28.2 Å². The zero-order valence-electron chi connectivity index (χ0n) is 6.30. The molecule has 0 spiro atoms. The van der Waals surface area contributed by atoms with Crippen molar-refractivity contribution >= 4 is 58.7 Å². The summed E-state index contributed by atoms with van der Waals surface area (Å²) in [6, 6.07) is 4.88. The van der Waals surface area contributed by atoms with Gasteiger partial charge >= 0.3 is 35.5 Å². The SMILES string of the molecule is CC(=O)Oc1c(Cl)cccc1Cl.[NaH]. The number of ether oxygens (including phenoxy) is 1. The topological polar surface area (TPSA) is 26.3 Å². The third-order valence-corrected chi connectivity index (χ3v) is 1.76. The van der Waals surface area contributed by atoms with Crippen molar-refractivity contribution in [3.63, 3.8) is 0 Å². The average Bonchev–Trinajstić information content (AvgIpc) is 1.97. The number of benzene rings is 1. The minimum atomic E-state index is -0.440. The van der Waals surface area contributed by atoms with E-state index in [1.807, 2.05) is 0 Å². The molecule has 0 bridgehead atoms. The van der Waals surface area contributed by atoms with Crippen LogP contribution >= 0.6 is 23.2 Å². The summed E-state index contributed by atoms with van der Waals surface area (Å²) in [4.78, 5) is 10.6. The van der Waals surface area contributed by atoms with E-state index in [2.05, 4.69) is 0 Å².